The van der Waals surface area contributed by atoms with Crippen molar-refractivity contribution in [2.45, 2.75) is 59.3 Å². The van der Waals surface area contributed by atoms with Gasteiger partial charge in [0.25, 0.3) is 0 Å². The average Bonchev–Trinajstić information content (AvgIpc) is 2.45. The maximum absolute atomic E-state index is 12.7. The van der Waals surface area contributed by atoms with Gasteiger partial charge in [-0.05, 0) is 55.8 Å². The quantitative estimate of drug-likeness (QED) is 0.863. The summed E-state index contributed by atoms with van der Waals surface area (Å²) in [6, 6.07) is 0. The van der Waals surface area contributed by atoms with Crippen LogP contribution in [-0.4, -0.2) is 35.6 Å². The molecule has 2 fully saturated rings. The monoisotopic (exact) mass is 281 g/mol. The van der Waals surface area contributed by atoms with Crippen molar-refractivity contribution in [3.63, 3.8) is 0 Å². The van der Waals surface area contributed by atoms with Gasteiger partial charge in [-0.1, -0.05) is 20.8 Å². The number of rotatable bonds is 3. The summed E-state index contributed by atoms with van der Waals surface area (Å²) in [7, 11) is 0. The van der Waals surface area contributed by atoms with Crippen molar-refractivity contribution in [1.29, 1.82) is 0 Å². The molecule has 0 aromatic heterocycles. The molecule has 2 rings (SSSR count). The summed E-state index contributed by atoms with van der Waals surface area (Å²) in [4.78, 5) is 14.8. The Labute approximate surface area is 123 Å². The van der Waals surface area contributed by atoms with Crippen molar-refractivity contribution in [2.75, 3.05) is 19.7 Å². The zero-order valence-electron chi connectivity index (χ0n) is 13.4. The smallest absolute Gasteiger partial charge is 0.225 e. The number of likely N-dealkylation sites (tertiary alicyclic amines) is 1. The van der Waals surface area contributed by atoms with Crippen LogP contribution in [-0.2, 0) is 4.79 Å². The summed E-state index contributed by atoms with van der Waals surface area (Å²) < 4.78 is 0. The fourth-order valence-corrected chi connectivity index (χ4v) is 4.23. The predicted octanol–water partition coefficient (Wildman–Crippen LogP) is 3.07. The van der Waals surface area contributed by atoms with Crippen LogP contribution < -0.4 is 0 Å². The van der Waals surface area contributed by atoms with E-state index >= 15 is 0 Å². The molecule has 1 saturated heterocycles. The van der Waals surface area contributed by atoms with E-state index in [2.05, 4.69) is 25.7 Å². The van der Waals surface area contributed by atoms with E-state index in [1.54, 1.807) is 0 Å². The van der Waals surface area contributed by atoms with Gasteiger partial charge in [0.05, 0.1) is 0 Å². The summed E-state index contributed by atoms with van der Waals surface area (Å²) in [5.74, 6) is 2.00. The van der Waals surface area contributed by atoms with Crippen LogP contribution in [0.4, 0.5) is 0 Å². The number of piperidine rings is 1. The predicted molar refractivity (Wildman–Crippen MR) is 81.3 cm³/mol. The molecule has 20 heavy (non-hydrogen) atoms. The lowest BCUT2D eigenvalue weighted by atomic mass is 9.74. The van der Waals surface area contributed by atoms with Crippen molar-refractivity contribution in [3.05, 3.63) is 0 Å². The lowest BCUT2D eigenvalue weighted by Crippen LogP contribution is -2.47. The molecule has 2 aliphatic rings. The Morgan fingerprint density at radius 2 is 1.70 bits per heavy atom. The largest absolute Gasteiger partial charge is 0.396 e. The van der Waals surface area contributed by atoms with Crippen LogP contribution in [0.3, 0.4) is 0 Å². The minimum atomic E-state index is 0.0733. The molecule has 0 spiro atoms. The van der Waals surface area contributed by atoms with Crippen LogP contribution in [0, 0.1) is 23.2 Å². The first-order chi connectivity index (χ1) is 9.49. The van der Waals surface area contributed by atoms with Crippen molar-refractivity contribution < 1.29 is 9.90 Å². The first kappa shape index (κ1) is 15.8. The zero-order valence-corrected chi connectivity index (χ0v) is 13.4. The van der Waals surface area contributed by atoms with Gasteiger partial charge in [0.1, 0.15) is 0 Å². The van der Waals surface area contributed by atoms with Gasteiger partial charge in [-0.15, -0.1) is 0 Å². The van der Waals surface area contributed by atoms with Gasteiger partial charge < -0.3 is 10.0 Å². The third-order valence-electron chi connectivity index (χ3n) is 5.75. The van der Waals surface area contributed by atoms with Crippen LogP contribution in [0.1, 0.15) is 59.3 Å². The van der Waals surface area contributed by atoms with Crippen LogP contribution in [0.5, 0.6) is 0 Å². The van der Waals surface area contributed by atoms with E-state index in [0.29, 0.717) is 17.7 Å². The lowest BCUT2D eigenvalue weighted by molar-refractivity contribution is -0.140. The lowest BCUT2D eigenvalue weighted by Gasteiger charge is -2.42. The standard InChI is InChI=1S/C17H31NO2/c1-4-17(12-19)5-7-18(8-6-17)16(20)15-10-13(2)9-14(3)11-15/h13-15,19H,4-12H2,1-3H3. The molecule has 1 N–H and O–H groups in total. The van der Waals surface area contributed by atoms with E-state index in [1.807, 2.05) is 0 Å². The van der Waals surface area contributed by atoms with Gasteiger partial charge in [-0.3, -0.25) is 4.79 Å². The van der Waals surface area contributed by atoms with Crippen molar-refractivity contribution in [3.8, 4) is 0 Å². The second-order valence-corrected chi connectivity index (χ2v) is 7.45. The molecular formula is C17H31NO2. The van der Waals surface area contributed by atoms with Crippen molar-refractivity contribution in [2.24, 2.45) is 23.2 Å². The fraction of sp³-hybridized carbons (Fsp3) is 0.941. The van der Waals surface area contributed by atoms with E-state index in [-0.39, 0.29) is 17.9 Å². The molecular weight excluding hydrogens is 250 g/mol. The first-order valence-corrected chi connectivity index (χ1v) is 8.39. The van der Waals surface area contributed by atoms with Crippen molar-refractivity contribution >= 4 is 5.91 Å². The number of amides is 1. The highest BCUT2D eigenvalue weighted by molar-refractivity contribution is 5.79. The maximum Gasteiger partial charge on any atom is 0.225 e. The van der Waals surface area contributed by atoms with Crippen LogP contribution in [0.2, 0.25) is 0 Å². The summed E-state index contributed by atoms with van der Waals surface area (Å²) in [5, 5.41) is 9.58. The molecule has 0 aromatic carbocycles. The topological polar surface area (TPSA) is 40.5 Å². The molecule has 116 valence electrons. The van der Waals surface area contributed by atoms with Gasteiger partial charge in [0.2, 0.25) is 5.91 Å². The van der Waals surface area contributed by atoms with Gasteiger partial charge in [0.15, 0.2) is 0 Å². The Morgan fingerprint density at radius 3 is 2.15 bits per heavy atom. The third-order valence-corrected chi connectivity index (χ3v) is 5.75. The first-order valence-electron chi connectivity index (χ1n) is 8.39. The summed E-state index contributed by atoms with van der Waals surface area (Å²) >= 11 is 0. The Balaban J connectivity index is 1.91. The summed E-state index contributed by atoms with van der Waals surface area (Å²) in [5.41, 5.74) is 0.0733. The highest BCUT2D eigenvalue weighted by atomic mass is 16.3. The van der Waals surface area contributed by atoms with E-state index in [9.17, 15) is 9.90 Å². The normalized spacial score (nSPS) is 34.0. The minimum Gasteiger partial charge on any atom is -0.396 e. The van der Waals surface area contributed by atoms with E-state index in [0.717, 1.165) is 45.2 Å². The molecule has 3 nitrogen and oxygen atoms in total. The van der Waals surface area contributed by atoms with E-state index < -0.39 is 0 Å². The van der Waals surface area contributed by atoms with Crippen LogP contribution in [0.15, 0.2) is 0 Å². The molecule has 0 aromatic rings. The van der Waals surface area contributed by atoms with Gasteiger partial charge in [0, 0.05) is 25.6 Å². The Hall–Kier alpha value is -0.570. The number of hydrogen-bond acceptors (Lipinski definition) is 2. The van der Waals surface area contributed by atoms with Crippen LogP contribution >= 0.6 is 0 Å². The van der Waals surface area contributed by atoms with Gasteiger partial charge in [-0.25, -0.2) is 0 Å². The molecule has 3 heteroatoms. The minimum absolute atomic E-state index is 0.0733. The summed E-state index contributed by atoms with van der Waals surface area (Å²) in [6.07, 6.45) is 6.35. The number of carbonyl (C=O) groups is 1. The van der Waals surface area contributed by atoms with E-state index in [4.69, 9.17) is 0 Å². The highest BCUT2D eigenvalue weighted by Crippen LogP contribution is 2.37. The van der Waals surface area contributed by atoms with Crippen molar-refractivity contribution in [1.82, 2.24) is 4.90 Å². The fourth-order valence-electron chi connectivity index (χ4n) is 4.23. The van der Waals surface area contributed by atoms with Gasteiger partial charge in [-0.2, -0.15) is 0 Å². The Kier molecular flexibility index (Phi) is 5.11. The van der Waals surface area contributed by atoms with Gasteiger partial charge >= 0.3 is 0 Å². The molecule has 1 saturated carbocycles. The highest BCUT2D eigenvalue weighted by Gasteiger charge is 2.37. The second-order valence-electron chi connectivity index (χ2n) is 7.45. The molecule has 2 atom stereocenters. The molecule has 0 bridgehead atoms. The number of aliphatic hydroxyl groups excluding tert-OH is 1. The number of carbonyl (C=O) groups excluding carboxylic acids is 1. The molecule has 1 amide bonds. The maximum atomic E-state index is 12.7. The summed E-state index contributed by atoms with van der Waals surface area (Å²) in [6.45, 7) is 8.65. The number of hydrogen-bond donors (Lipinski definition) is 1. The molecule has 2 unspecified atom stereocenters. The average molecular weight is 281 g/mol. The Bertz CT molecular complexity index is 318. The van der Waals surface area contributed by atoms with E-state index in [1.165, 1.54) is 6.42 Å². The third kappa shape index (κ3) is 3.36. The molecule has 1 heterocycles. The SMILES string of the molecule is CCC1(CO)CCN(C(=O)C2CC(C)CC(C)C2)CC1. The zero-order chi connectivity index (χ0) is 14.8. The second kappa shape index (κ2) is 6.46. The molecule has 1 aliphatic carbocycles. The molecule has 0 radical (unpaired) electrons. The molecule has 1 aliphatic heterocycles. The number of aliphatic hydroxyl groups is 1. The Morgan fingerprint density at radius 1 is 1.15 bits per heavy atom. The van der Waals surface area contributed by atoms with Crippen LogP contribution in [0.25, 0.3) is 0 Å². The number of nitrogens with zero attached hydrogens (tertiary/aromatic N) is 1.